The molecule has 17 heavy (non-hydrogen) atoms. The summed E-state index contributed by atoms with van der Waals surface area (Å²) >= 11 is 0. The third kappa shape index (κ3) is 2.93. The molecule has 0 aromatic heterocycles. The largest absolute Gasteiger partial charge is 0.508 e. The number of nitrogens with one attached hydrogen (secondary N) is 1. The van der Waals surface area contributed by atoms with Crippen LogP contribution in [0, 0.1) is 0 Å². The Morgan fingerprint density at radius 1 is 0.882 bits per heavy atom. The molecule has 1 aromatic rings. The second-order valence-electron chi connectivity index (χ2n) is 6.66. The molecule has 0 aliphatic rings. The number of hydrogen-bond donors (Lipinski definition) is 2. The summed E-state index contributed by atoms with van der Waals surface area (Å²) in [6.07, 6.45) is 0. The Kier molecular flexibility index (Phi) is 3.47. The van der Waals surface area contributed by atoms with E-state index >= 15 is 0 Å². The quantitative estimate of drug-likeness (QED) is 0.770. The van der Waals surface area contributed by atoms with Crippen molar-refractivity contribution >= 4 is 5.69 Å². The summed E-state index contributed by atoms with van der Waals surface area (Å²) in [4.78, 5) is 0. The Balaban J connectivity index is 3.49. The predicted octanol–water partition coefficient (Wildman–Crippen LogP) is 4.03. The predicted molar refractivity (Wildman–Crippen MR) is 75.1 cm³/mol. The van der Waals surface area contributed by atoms with Crippen LogP contribution in [0.25, 0.3) is 0 Å². The first kappa shape index (κ1) is 13.9. The summed E-state index contributed by atoms with van der Waals surface area (Å²) in [6, 6.07) is 3.96. The van der Waals surface area contributed by atoms with Crippen molar-refractivity contribution in [1.82, 2.24) is 0 Å². The van der Waals surface area contributed by atoms with Crippen molar-refractivity contribution in [2.45, 2.75) is 52.4 Å². The van der Waals surface area contributed by atoms with Gasteiger partial charge in [-0.3, -0.25) is 0 Å². The van der Waals surface area contributed by atoms with Crippen molar-refractivity contribution in [3.63, 3.8) is 0 Å². The smallest absolute Gasteiger partial charge is 0.121 e. The number of phenols is 1. The van der Waals surface area contributed by atoms with Gasteiger partial charge in [0, 0.05) is 18.8 Å². The van der Waals surface area contributed by atoms with Gasteiger partial charge in [0.25, 0.3) is 0 Å². The van der Waals surface area contributed by atoms with Gasteiger partial charge in [0.1, 0.15) is 5.75 Å². The van der Waals surface area contributed by atoms with E-state index in [-0.39, 0.29) is 10.8 Å². The Bertz CT molecular complexity index is 408. The lowest BCUT2D eigenvalue weighted by molar-refractivity contribution is 0.445. The normalized spacial score (nSPS) is 12.6. The van der Waals surface area contributed by atoms with E-state index in [2.05, 4.69) is 52.9 Å². The topological polar surface area (TPSA) is 32.3 Å². The van der Waals surface area contributed by atoms with Gasteiger partial charge in [-0.1, -0.05) is 41.5 Å². The molecule has 2 N–H and O–H groups in total. The minimum absolute atomic E-state index is 0.0453. The van der Waals surface area contributed by atoms with Crippen LogP contribution < -0.4 is 5.32 Å². The number of aromatic hydroxyl groups is 1. The van der Waals surface area contributed by atoms with Crippen LogP contribution in [-0.4, -0.2) is 12.2 Å². The highest BCUT2D eigenvalue weighted by Crippen LogP contribution is 2.39. The maximum absolute atomic E-state index is 10.1. The van der Waals surface area contributed by atoms with Crippen LogP contribution >= 0.6 is 0 Å². The lowest BCUT2D eigenvalue weighted by Gasteiger charge is -2.28. The Labute approximate surface area is 105 Å². The summed E-state index contributed by atoms with van der Waals surface area (Å²) in [7, 11) is 1.89. The highest BCUT2D eigenvalue weighted by atomic mass is 16.3. The van der Waals surface area contributed by atoms with Gasteiger partial charge in [0.05, 0.1) is 0 Å². The fraction of sp³-hybridized carbons (Fsp3) is 0.600. The van der Waals surface area contributed by atoms with E-state index in [1.54, 1.807) is 0 Å². The van der Waals surface area contributed by atoms with E-state index in [0.717, 1.165) is 11.3 Å². The molecule has 0 atom stereocenters. The van der Waals surface area contributed by atoms with Crippen molar-refractivity contribution < 1.29 is 5.11 Å². The van der Waals surface area contributed by atoms with Crippen LogP contribution in [0.1, 0.15) is 52.7 Å². The monoisotopic (exact) mass is 235 g/mol. The molecule has 0 saturated heterocycles. The van der Waals surface area contributed by atoms with Gasteiger partial charge in [-0.25, -0.2) is 0 Å². The van der Waals surface area contributed by atoms with Crippen LogP contribution in [-0.2, 0) is 10.8 Å². The fourth-order valence-electron chi connectivity index (χ4n) is 2.02. The number of phenolic OH excluding ortho intramolecular Hbond substituents is 1. The van der Waals surface area contributed by atoms with Crippen LogP contribution in [0.5, 0.6) is 5.75 Å². The van der Waals surface area contributed by atoms with Gasteiger partial charge < -0.3 is 10.4 Å². The molecule has 0 radical (unpaired) electrons. The highest BCUT2D eigenvalue weighted by Gasteiger charge is 2.24. The Morgan fingerprint density at radius 2 is 1.35 bits per heavy atom. The molecule has 0 fully saturated rings. The van der Waals surface area contributed by atoms with Crippen LogP contribution in [0.4, 0.5) is 5.69 Å². The molecule has 0 saturated carbocycles. The molecular formula is C15H25NO. The molecule has 0 bridgehead atoms. The number of benzene rings is 1. The van der Waals surface area contributed by atoms with Gasteiger partial charge in [-0.2, -0.15) is 0 Å². The lowest BCUT2D eigenvalue weighted by Crippen LogP contribution is -2.18. The van der Waals surface area contributed by atoms with Gasteiger partial charge in [0.15, 0.2) is 0 Å². The Hall–Kier alpha value is -1.18. The molecule has 1 rings (SSSR count). The average molecular weight is 235 g/mol. The number of hydrogen-bond acceptors (Lipinski definition) is 2. The first-order chi connectivity index (χ1) is 7.57. The first-order valence-electron chi connectivity index (χ1n) is 6.13. The molecule has 0 heterocycles. The third-order valence-electron chi connectivity index (χ3n) is 3.02. The zero-order valence-electron chi connectivity index (χ0n) is 12.1. The molecule has 0 unspecified atom stereocenters. The zero-order chi connectivity index (χ0) is 13.4. The third-order valence-corrected chi connectivity index (χ3v) is 3.02. The molecule has 0 aliphatic carbocycles. The SMILES string of the molecule is CNc1cc(O)c(C(C)(C)C)cc1C(C)(C)C. The Morgan fingerprint density at radius 3 is 1.71 bits per heavy atom. The summed E-state index contributed by atoms with van der Waals surface area (Å²) in [5.74, 6) is 0.370. The number of rotatable bonds is 1. The number of anilines is 1. The van der Waals surface area contributed by atoms with Gasteiger partial charge >= 0.3 is 0 Å². The summed E-state index contributed by atoms with van der Waals surface area (Å²) < 4.78 is 0. The molecular weight excluding hydrogens is 210 g/mol. The van der Waals surface area contributed by atoms with Crippen LogP contribution in [0.3, 0.4) is 0 Å². The van der Waals surface area contributed by atoms with Gasteiger partial charge in [-0.05, 0) is 28.0 Å². The minimum atomic E-state index is -0.0453. The fourth-order valence-corrected chi connectivity index (χ4v) is 2.02. The van der Waals surface area contributed by atoms with E-state index < -0.39 is 0 Å². The van der Waals surface area contributed by atoms with Crippen molar-refractivity contribution in [3.05, 3.63) is 23.3 Å². The molecule has 96 valence electrons. The van der Waals surface area contributed by atoms with Crippen molar-refractivity contribution in [1.29, 1.82) is 0 Å². The summed E-state index contributed by atoms with van der Waals surface area (Å²) in [6.45, 7) is 12.9. The standard InChI is InChI=1S/C15H25NO/c1-14(2,3)10-8-11(15(4,5)6)13(17)9-12(10)16-7/h8-9,16-17H,1-7H3. The van der Waals surface area contributed by atoms with Gasteiger partial charge in [0.2, 0.25) is 0 Å². The molecule has 0 spiro atoms. The van der Waals surface area contributed by atoms with E-state index in [1.807, 2.05) is 13.1 Å². The maximum Gasteiger partial charge on any atom is 0.121 e. The molecule has 2 heteroatoms. The average Bonchev–Trinajstić information content (AvgIpc) is 2.13. The minimum Gasteiger partial charge on any atom is -0.508 e. The zero-order valence-corrected chi connectivity index (χ0v) is 12.1. The highest BCUT2D eigenvalue weighted by molar-refractivity contribution is 5.61. The van der Waals surface area contributed by atoms with Crippen molar-refractivity contribution in [2.75, 3.05) is 12.4 Å². The van der Waals surface area contributed by atoms with E-state index in [1.165, 1.54) is 5.56 Å². The second kappa shape index (κ2) is 4.25. The van der Waals surface area contributed by atoms with Gasteiger partial charge in [-0.15, -0.1) is 0 Å². The van der Waals surface area contributed by atoms with Crippen LogP contribution in [0.15, 0.2) is 12.1 Å². The van der Waals surface area contributed by atoms with E-state index in [4.69, 9.17) is 0 Å². The molecule has 0 aliphatic heterocycles. The van der Waals surface area contributed by atoms with E-state index in [9.17, 15) is 5.11 Å². The van der Waals surface area contributed by atoms with Crippen molar-refractivity contribution in [2.24, 2.45) is 0 Å². The molecule has 0 amide bonds. The second-order valence-corrected chi connectivity index (χ2v) is 6.66. The summed E-state index contributed by atoms with van der Waals surface area (Å²) in [5, 5.41) is 13.3. The first-order valence-corrected chi connectivity index (χ1v) is 6.13. The van der Waals surface area contributed by atoms with Crippen molar-refractivity contribution in [3.8, 4) is 5.75 Å². The lowest BCUT2D eigenvalue weighted by atomic mass is 9.79. The summed E-state index contributed by atoms with van der Waals surface area (Å²) in [5.41, 5.74) is 3.26. The maximum atomic E-state index is 10.1. The van der Waals surface area contributed by atoms with E-state index in [0.29, 0.717) is 5.75 Å². The molecule has 2 nitrogen and oxygen atoms in total. The molecule has 1 aromatic carbocycles. The van der Waals surface area contributed by atoms with Crippen LogP contribution in [0.2, 0.25) is 0 Å².